The molecule has 4 atom stereocenters. The summed E-state index contributed by atoms with van der Waals surface area (Å²) in [5.74, 6) is 0.103. The number of hydrogen-bond donors (Lipinski definition) is 1. The number of aliphatic hydroxyl groups is 1. The van der Waals surface area contributed by atoms with Crippen molar-refractivity contribution in [1.82, 2.24) is 5.01 Å². The highest BCUT2D eigenvalue weighted by atomic mass is 16.3. The first-order chi connectivity index (χ1) is 12.8. The van der Waals surface area contributed by atoms with Gasteiger partial charge in [0, 0.05) is 5.57 Å². The Hall–Kier alpha value is -2.14. The van der Waals surface area contributed by atoms with Gasteiger partial charge in [0.25, 0.3) is 11.8 Å². The Morgan fingerprint density at radius 1 is 1.33 bits per heavy atom. The number of hydrazine groups is 1. The van der Waals surface area contributed by atoms with E-state index in [-0.39, 0.29) is 28.8 Å². The van der Waals surface area contributed by atoms with Gasteiger partial charge in [-0.15, -0.1) is 0 Å². The third kappa shape index (κ3) is 2.15. The normalized spacial score (nSPS) is 31.9. The molecule has 0 aromatic heterocycles. The highest BCUT2D eigenvalue weighted by molar-refractivity contribution is 6.08. The van der Waals surface area contributed by atoms with E-state index in [1.807, 2.05) is 37.3 Å². The van der Waals surface area contributed by atoms with Gasteiger partial charge < -0.3 is 5.11 Å². The van der Waals surface area contributed by atoms with E-state index in [4.69, 9.17) is 0 Å². The number of carbonyl (C=O) groups excluding carboxylic acids is 2. The summed E-state index contributed by atoms with van der Waals surface area (Å²) in [6.45, 7) is 10.0. The number of aliphatic hydroxyl groups excluding tert-OH is 1. The summed E-state index contributed by atoms with van der Waals surface area (Å²) in [6, 6.07) is 9.17. The second-order valence-electron chi connectivity index (χ2n) is 8.73. The fourth-order valence-corrected chi connectivity index (χ4v) is 5.77. The van der Waals surface area contributed by atoms with E-state index in [2.05, 4.69) is 20.4 Å². The molecule has 27 heavy (non-hydrogen) atoms. The molecule has 5 heteroatoms. The number of anilines is 1. The fraction of sp³-hybridized carbons (Fsp3) is 0.545. The molecular weight excluding hydrogens is 340 g/mol. The Morgan fingerprint density at radius 3 is 2.59 bits per heavy atom. The van der Waals surface area contributed by atoms with Crippen molar-refractivity contribution in [2.75, 3.05) is 5.01 Å². The molecule has 4 rings (SSSR count). The van der Waals surface area contributed by atoms with Gasteiger partial charge >= 0.3 is 0 Å². The molecule has 0 radical (unpaired) electrons. The molecule has 0 unspecified atom stereocenters. The minimum Gasteiger partial charge on any atom is -0.388 e. The molecule has 5 nitrogen and oxygen atoms in total. The van der Waals surface area contributed by atoms with Crippen molar-refractivity contribution < 1.29 is 14.7 Å². The van der Waals surface area contributed by atoms with Crippen molar-refractivity contribution in [2.45, 2.75) is 58.6 Å². The lowest BCUT2D eigenvalue weighted by molar-refractivity contribution is -0.132. The lowest BCUT2D eigenvalue weighted by Gasteiger charge is -2.35. The molecule has 2 aliphatic carbocycles. The van der Waals surface area contributed by atoms with Crippen LogP contribution >= 0.6 is 0 Å². The van der Waals surface area contributed by atoms with Crippen LogP contribution in [0.1, 0.15) is 46.5 Å². The molecule has 1 aromatic rings. The SMILES string of the molecule is C=C(C(=O)N1[C@@H]2C[C@H]3CC[C@]2(C(=O)N1c1ccccc1)C3(C)C)[C@H](O)CC. The van der Waals surface area contributed by atoms with Crippen LogP contribution in [0.3, 0.4) is 0 Å². The maximum absolute atomic E-state index is 13.8. The van der Waals surface area contributed by atoms with Crippen LogP contribution in [0.25, 0.3) is 0 Å². The second kappa shape index (κ2) is 5.93. The van der Waals surface area contributed by atoms with E-state index in [1.165, 1.54) is 0 Å². The number of para-hydroxylation sites is 1. The van der Waals surface area contributed by atoms with Crippen molar-refractivity contribution in [3.63, 3.8) is 0 Å². The van der Waals surface area contributed by atoms with Gasteiger partial charge in [-0.2, -0.15) is 0 Å². The van der Waals surface area contributed by atoms with Crippen molar-refractivity contribution >= 4 is 17.5 Å². The van der Waals surface area contributed by atoms with Gasteiger partial charge in [0.05, 0.1) is 23.2 Å². The smallest absolute Gasteiger partial charge is 0.271 e. The highest BCUT2D eigenvalue weighted by Gasteiger charge is 2.75. The van der Waals surface area contributed by atoms with E-state index in [0.717, 1.165) is 19.3 Å². The van der Waals surface area contributed by atoms with Gasteiger partial charge in [-0.25, -0.2) is 10.0 Å². The molecule has 1 saturated heterocycles. The molecule has 1 N–H and O–H groups in total. The third-order valence-electron chi connectivity index (χ3n) is 7.49. The maximum Gasteiger partial charge on any atom is 0.271 e. The average Bonchev–Trinajstić information content (AvgIpc) is 3.19. The Bertz CT molecular complexity index is 803. The van der Waals surface area contributed by atoms with Gasteiger partial charge in [0.2, 0.25) is 0 Å². The number of benzene rings is 1. The number of hydrogen-bond acceptors (Lipinski definition) is 3. The Labute approximate surface area is 160 Å². The summed E-state index contributed by atoms with van der Waals surface area (Å²) in [5, 5.41) is 13.4. The summed E-state index contributed by atoms with van der Waals surface area (Å²) in [5.41, 5.74) is 0.142. The zero-order valence-corrected chi connectivity index (χ0v) is 16.3. The molecule has 1 spiro atoms. The molecule has 3 aliphatic rings. The van der Waals surface area contributed by atoms with Gasteiger partial charge in [-0.05, 0) is 49.1 Å². The van der Waals surface area contributed by atoms with Crippen LogP contribution in [0.15, 0.2) is 42.5 Å². The zero-order chi connectivity index (χ0) is 19.6. The highest BCUT2D eigenvalue weighted by Crippen LogP contribution is 2.70. The largest absolute Gasteiger partial charge is 0.388 e. The summed E-state index contributed by atoms with van der Waals surface area (Å²) in [6.07, 6.45) is 2.18. The van der Waals surface area contributed by atoms with Gasteiger partial charge in [-0.3, -0.25) is 9.59 Å². The van der Waals surface area contributed by atoms with Crippen molar-refractivity contribution in [1.29, 1.82) is 0 Å². The maximum atomic E-state index is 13.8. The van der Waals surface area contributed by atoms with Crippen LogP contribution < -0.4 is 5.01 Å². The van der Waals surface area contributed by atoms with Crippen molar-refractivity contribution in [2.24, 2.45) is 16.7 Å². The second-order valence-corrected chi connectivity index (χ2v) is 8.73. The Kier molecular flexibility index (Phi) is 4.00. The molecule has 2 saturated carbocycles. The minimum absolute atomic E-state index is 0.0100. The number of carbonyl (C=O) groups is 2. The zero-order valence-electron chi connectivity index (χ0n) is 16.3. The predicted molar refractivity (Wildman–Crippen MR) is 104 cm³/mol. The van der Waals surface area contributed by atoms with Crippen molar-refractivity contribution in [3.05, 3.63) is 42.5 Å². The molecule has 1 heterocycles. The molecule has 2 amide bonds. The van der Waals surface area contributed by atoms with Crippen LogP contribution in [-0.2, 0) is 9.59 Å². The lowest BCUT2D eigenvalue weighted by atomic mass is 9.67. The minimum atomic E-state index is -0.895. The van der Waals surface area contributed by atoms with E-state index in [1.54, 1.807) is 10.0 Å². The number of nitrogens with zero attached hydrogens (tertiary/aromatic N) is 2. The van der Waals surface area contributed by atoms with Gasteiger partial charge in [0.1, 0.15) is 0 Å². The standard InChI is InChI=1S/C22H28N2O3/c1-5-17(25)14(2)19(26)24-18-13-15-11-12-22(18,21(15,3)4)20(27)23(24)16-9-7-6-8-10-16/h6-10,15,17-18,25H,2,5,11-13H2,1,3-4H3/t15-,17-,18-,22+/m1/s1. The van der Waals surface area contributed by atoms with Crippen LogP contribution in [0.4, 0.5) is 5.69 Å². The topological polar surface area (TPSA) is 60.9 Å². The average molecular weight is 368 g/mol. The van der Waals surface area contributed by atoms with Gasteiger partial charge in [0.15, 0.2) is 0 Å². The Morgan fingerprint density at radius 2 is 2.00 bits per heavy atom. The van der Waals surface area contributed by atoms with E-state index in [0.29, 0.717) is 18.0 Å². The third-order valence-corrected chi connectivity index (χ3v) is 7.49. The molecule has 2 bridgehead atoms. The molecule has 3 fully saturated rings. The Balaban J connectivity index is 1.83. The lowest BCUT2D eigenvalue weighted by Crippen LogP contribution is -2.49. The first-order valence-corrected chi connectivity index (χ1v) is 9.87. The molecule has 1 aliphatic heterocycles. The molecular formula is C22H28N2O3. The summed E-state index contributed by atoms with van der Waals surface area (Å²) in [4.78, 5) is 27.2. The van der Waals surface area contributed by atoms with Crippen LogP contribution in [-0.4, -0.2) is 34.1 Å². The monoisotopic (exact) mass is 368 g/mol. The summed E-state index contributed by atoms with van der Waals surface area (Å²) >= 11 is 0. The number of amides is 2. The predicted octanol–water partition coefficient (Wildman–Crippen LogP) is 3.30. The van der Waals surface area contributed by atoms with Crippen molar-refractivity contribution in [3.8, 4) is 0 Å². The van der Waals surface area contributed by atoms with Gasteiger partial charge in [-0.1, -0.05) is 45.5 Å². The summed E-state index contributed by atoms with van der Waals surface area (Å²) in [7, 11) is 0. The first-order valence-electron chi connectivity index (χ1n) is 9.87. The molecule has 1 aromatic carbocycles. The van der Waals surface area contributed by atoms with Crippen LogP contribution in [0.2, 0.25) is 0 Å². The molecule has 144 valence electrons. The number of rotatable bonds is 4. The van der Waals surface area contributed by atoms with E-state index in [9.17, 15) is 14.7 Å². The number of fused-ring (bicyclic) bond motifs is 1. The van der Waals surface area contributed by atoms with E-state index >= 15 is 0 Å². The van der Waals surface area contributed by atoms with Crippen LogP contribution in [0.5, 0.6) is 0 Å². The van der Waals surface area contributed by atoms with E-state index < -0.39 is 11.5 Å². The quantitative estimate of drug-likeness (QED) is 0.830. The first kappa shape index (κ1) is 18.2. The fourth-order valence-electron chi connectivity index (χ4n) is 5.77. The van der Waals surface area contributed by atoms with Crippen LogP contribution in [0, 0.1) is 16.7 Å². The summed E-state index contributed by atoms with van der Waals surface area (Å²) < 4.78 is 0.